The van der Waals surface area contributed by atoms with Gasteiger partial charge in [0.05, 0.1) is 5.75 Å². The van der Waals surface area contributed by atoms with Gasteiger partial charge in [-0.15, -0.1) is 0 Å². The number of hydrogen-bond acceptors (Lipinski definition) is 5. The fourth-order valence-electron chi connectivity index (χ4n) is 2.50. The van der Waals surface area contributed by atoms with Gasteiger partial charge in [-0.1, -0.05) is 6.07 Å². The van der Waals surface area contributed by atoms with Crippen molar-refractivity contribution in [2.24, 2.45) is 5.92 Å². The lowest BCUT2D eigenvalue weighted by Gasteiger charge is -2.28. The average molecular weight is 394 g/mol. The molecular weight excluding hydrogens is 373 g/mol. The zero-order chi connectivity index (χ0) is 19.6. The third kappa shape index (κ3) is 4.73. The van der Waals surface area contributed by atoms with Crippen molar-refractivity contribution in [3.8, 4) is 0 Å². The number of nitrogens with one attached hydrogen (secondary N) is 1. The maximum Gasteiger partial charge on any atom is 0.433 e. The van der Waals surface area contributed by atoms with Gasteiger partial charge in [0, 0.05) is 13.2 Å². The van der Waals surface area contributed by atoms with Crippen LogP contribution in [0.4, 0.5) is 19.0 Å². The number of sulfone groups is 1. The molecule has 1 amide bonds. The quantitative estimate of drug-likeness (QED) is 0.830. The van der Waals surface area contributed by atoms with Crippen molar-refractivity contribution in [1.29, 1.82) is 0 Å². The van der Waals surface area contributed by atoms with Gasteiger partial charge in [-0.2, -0.15) is 13.2 Å². The summed E-state index contributed by atoms with van der Waals surface area (Å²) in [7, 11) is -3.83. The summed E-state index contributed by atoms with van der Waals surface area (Å²) in [5, 5.41) is 2.18. The van der Waals surface area contributed by atoms with Gasteiger partial charge in [0.1, 0.15) is 16.3 Å². The molecule has 1 aliphatic rings. The van der Waals surface area contributed by atoms with Gasteiger partial charge in [0.25, 0.3) is 0 Å². The lowest BCUT2D eigenvalue weighted by Crippen LogP contribution is -2.47. The molecule has 146 valence electrons. The first-order chi connectivity index (χ1) is 11.9. The molecule has 0 spiro atoms. The monoisotopic (exact) mass is 394 g/mol. The SMILES string of the molecule is CC(C)(C(=O)Nc1cccc(C(F)(F)F)n1)S(=O)(=O)CC1CCOCC1. The molecule has 0 atom stereocenters. The first kappa shape index (κ1) is 20.6. The molecule has 0 saturated carbocycles. The van der Waals surface area contributed by atoms with Gasteiger partial charge < -0.3 is 10.1 Å². The second kappa shape index (κ2) is 7.51. The van der Waals surface area contributed by atoms with Crippen LogP contribution in [0.25, 0.3) is 0 Å². The number of anilines is 1. The van der Waals surface area contributed by atoms with E-state index < -0.39 is 32.4 Å². The van der Waals surface area contributed by atoms with Gasteiger partial charge in [-0.3, -0.25) is 4.79 Å². The molecule has 1 fully saturated rings. The molecule has 1 saturated heterocycles. The molecule has 26 heavy (non-hydrogen) atoms. The molecule has 0 aromatic carbocycles. The van der Waals surface area contributed by atoms with Crippen LogP contribution in [0.5, 0.6) is 0 Å². The number of aromatic nitrogens is 1. The largest absolute Gasteiger partial charge is 0.433 e. The van der Waals surface area contributed by atoms with Gasteiger partial charge in [-0.05, 0) is 44.7 Å². The van der Waals surface area contributed by atoms with Crippen LogP contribution in [0.15, 0.2) is 18.2 Å². The Kier molecular flexibility index (Phi) is 5.96. The number of carbonyl (C=O) groups excluding carboxylic acids is 1. The summed E-state index contributed by atoms with van der Waals surface area (Å²) in [5.74, 6) is -1.55. The van der Waals surface area contributed by atoms with Crippen LogP contribution in [-0.2, 0) is 25.5 Å². The third-order valence-electron chi connectivity index (χ3n) is 4.40. The Hall–Kier alpha value is -1.68. The molecular formula is C16H21F3N2O4S. The number of rotatable bonds is 5. The third-order valence-corrected chi connectivity index (χ3v) is 7.05. The standard InChI is InChI=1S/C16H21F3N2O4S/c1-15(2,26(23,24)10-11-6-8-25-9-7-11)14(22)21-13-5-3-4-12(20-13)16(17,18)19/h3-5,11H,6-10H2,1-2H3,(H,20,21,22). The molecule has 2 heterocycles. The minimum Gasteiger partial charge on any atom is -0.381 e. The van der Waals surface area contributed by atoms with Crippen molar-refractivity contribution in [2.45, 2.75) is 37.6 Å². The summed E-state index contributed by atoms with van der Waals surface area (Å²) in [6.07, 6.45) is -3.48. The van der Waals surface area contributed by atoms with Crippen LogP contribution >= 0.6 is 0 Å². The minimum absolute atomic E-state index is 0.104. The topological polar surface area (TPSA) is 85.4 Å². The van der Waals surface area contributed by atoms with E-state index in [1.807, 2.05) is 0 Å². The normalized spacial score (nSPS) is 17.1. The van der Waals surface area contributed by atoms with Crippen molar-refractivity contribution in [3.63, 3.8) is 0 Å². The second-order valence-electron chi connectivity index (χ2n) is 6.71. The Morgan fingerprint density at radius 1 is 1.27 bits per heavy atom. The highest BCUT2D eigenvalue weighted by Gasteiger charge is 2.43. The number of pyridine rings is 1. The molecule has 0 radical (unpaired) electrons. The van der Waals surface area contributed by atoms with Crippen molar-refractivity contribution in [3.05, 3.63) is 23.9 Å². The fourth-order valence-corrected chi connectivity index (χ4v) is 4.21. The predicted octanol–water partition coefficient (Wildman–Crippen LogP) is 2.66. The van der Waals surface area contributed by atoms with E-state index in [9.17, 15) is 26.4 Å². The van der Waals surface area contributed by atoms with E-state index in [2.05, 4.69) is 10.3 Å². The Labute approximate surface area is 150 Å². The number of alkyl halides is 3. The Morgan fingerprint density at radius 3 is 2.46 bits per heavy atom. The van der Waals surface area contributed by atoms with Gasteiger partial charge in [0.15, 0.2) is 9.84 Å². The van der Waals surface area contributed by atoms with E-state index in [4.69, 9.17) is 4.74 Å². The number of hydrogen-bond donors (Lipinski definition) is 1. The van der Waals surface area contributed by atoms with Gasteiger partial charge in [0.2, 0.25) is 5.91 Å². The molecule has 0 aliphatic carbocycles. The first-order valence-corrected chi connectivity index (χ1v) is 9.74. The van der Waals surface area contributed by atoms with E-state index in [0.717, 1.165) is 12.1 Å². The average Bonchev–Trinajstić information content (AvgIpc) is 2.54. The van der Waals surface area contributed by atoms with E-state index in [1.54, 1.807) is 0 Å². The van der Waals surface area contributed by atoms with Crippen molar-refractivity contribution < 1.29 is 31.1 Å². The molecule has 1 N–H and O–H groups in total. The smallest absolute Gasteiger partial charge is 0.381 e. The van der Waals surface area contributed by atoms with Gasteiger partial charge in [-0.25, -0.2) is 13.4 Å². The van der Waals surface area contributed by atoms with E-state index in [1.165, 1.54) is 19.9 Å². The molecule has 2 rings (SSSR count). The predicted molar refractivity (Wildman–Crippen MR) is 89.3 cm³/mol. The van der Waals surface area contributed by atoms with Crippen molar-refractivity contribution >= 4 is 21.6 Å². The molecule has 6 nitrogen and oxygen atoms in total. The lowest BCUT2D eigenvalue weighted by atomic mass is 10.0. The zero-order valence-corrected chi connectivity index (χ0v) is 15.3. The van der Waals surface area contributed by atoms with Crippen molar-refractivity contribution in [2.75, 3.05) is 24.3 Å². The highest BCUT2D eigenvalue weighted by atomic mass is 32.2. The van der Waals surface area contributed by atoms with Crippen LogP contribution in [-0.4, -0.2) is 43.0 Å². The summed E-state index contributed by atoms with van der Waals surface area (Å²) in [5.41, 5.74) is -1.17. The molecule has 0 unspecified atom stereocenters. The van der Waals surface area contributed by atoms with Crippen LogP contribution in [0.2, 0.25) is 0 Å². The van der Waals surface area contributed by atoms with E-state index >= 15 is 0 Å². The Morgan fingerprint density at radius 2 is 1.88 bits per heavy atom. The number of halogens is 3. The summed E-state index contributed by atoms with van der Waals surface area (Å²) >= 11 is 0. The highest BCUT2D eigenvalue weighted by Crippen LogP contribution is 2.29. The highest BCUT2D eigenvalue weighted by molar-refractivity contribution is 7.93. The summed E-state index contributed by atoms with van der Waals surface area (Å²) in [6, 6.07) is 3.03. The Bertz CT molecular complexity index is 757. The summed E-state index contributed by atoms with van der Waals surface area (Å²) in [6.45, 7) is 3.43. The summed E-state index contributed by atoms with van der Waals surface area (Å²) in [4.78, 5) is 15.8. The zero-order valence-electron chi connectivity index (χ0n) is 14.5. The molecule has 1 aromatic rings. The van der Waals surface area contributed by atoms with E-state index in [0.29, 0.717) is 26.1 Å². The number of ether oxygens (including phenoxy) is 1. The molecule has 10 heteroatoms. The molecule has 1 aromatic heterocycles. The van der Waals surface area contributed by atoms with Crippen LogP contribution in [0, 0.1) is 5.92 Å². The summed E-state index contributed by atoms with van der Waals surface area (Å²) < 4.78 is 66.9. The number of carbonyl (C=O) groups is 1. The minimum atomic E-state index is -4.66. The lowest BCUT2D eigenvalue weighted by molar-refractivity contribution is -0.141. The Balaban J connectivity index is 2.14. The first-order valence-electron chi connectivity index (χ1n) is 8.09. The second-order valence-corrected chi connectivity index (χ2v) is 9.29. The van der Waals surface area contributed by atoms with Crippen LogP contribution in [0.3, 0.4) is 0 Å². The maximum absolute atomic E-state index is 12.7. The van der Waals surface area contributed by atoms with Crippen molar-refractivity contribution in [1.82, 2.24) is 4.98 Å². The van der Waals surface area contributed by atoms with Gasteiger partial charge >= 0.3 is 6.18 Å². The molecule has 1 aliphatic heterocycles. The van der Waals surface area contributed by atoms with Crippen LogP contribution in [0.1, 0.15) is 32.4 Å². The number of nitrogens with zero attached hydrogens (tertiary/aromatic N) is 1. The fraction of sp³-hybridized carbons (Fsp3) is 0.625. The maximum atomic E-state index is 12.7. The number of amides is 1. The molecule has 0 bridgehead atoms. The van der Waals surface area contributed by atoms with Crippen LogP contribution < -0.4 is 5.32 Å². The van der Waals surface area contributed by atoms with E-state index in [-0.39, 0.29) is 17.5 Å².